The van der Waals surface area contributed by atoms with Gasteiger partial charge in [-0.05, 0) is 47.5 Å². The Morgan fingerprint density at radius 3 is 2.46 bits per heavy atom. The van der Waals surface area contributed by atoms with E-state index in [-0.39, 0.29) is 0 Å². The molecule has 37 heavy (non-hydrogen) atoms. The lowest BCUT2D eigenvalue weighted by molar-refractivity contribution is 0.0697. The third-order valence-electron chi connectivity index (χ3n) is 6.88. The van der Waals surface area contributed by atoms with Crippen molar-refractivity contribution in [2.75, 3.05) is 0 Å². The highest BCUT2D eigenvalue weighted by Crippen LogP contribution is 2.31. The summed E-state index contributed by atoms with van der Waals surface area (Å²) in [6.07, 6.45) is 2.56. The number of fused-ring (bicyclic) bond motifs is 2. The van der Waals surface area contributed by atoms with E-state index in [0.29, 0.717) is 17.8 Å². The van der Waals surface area contributed by atoms with Crippen molar-refractivity contribution in [3.63, 3.8) is 0 Å². The molecule has 3 heterocycles. The summed E-state index contributed by atoms with van der Waals surface area (Å²) in [5.74, 6) is -0.367. The Hall–Kier alpha value is -4.72. The first-order valence-electron chi connectivity index (χ1n) is 12.4. The van der Waals surface area contributed by atoms with Gasteiger partial charge >= 0.3 is 5.97 Å². The van der Waals surface area contributed by atoms with Gasteiger partial charge in [0, 0.05) is 40.6 Å². The van der Waals surface area contributed by atoms with Crippen LogP contribution in [0.5, 0.6) is 0 Å². The van der Waals surface area contributed by atoms with Crippen LogP contribution in [0.15, 0.2) is 78.9 Å². The Morgan fingerprint density at radius 2 is 1.73 bits per heavy atom. The molecule has 6 aromatic rings. The zero-order chi connectivity index (χ0) is 25.4. The predicted molar refractivity (Wildman–Crippen MR) is 143 cm³/mol. The van der Waals surface area contributed by atoms with Crippen LogP contribution >= 0.6 is 0 Å². The number of carboxylic acids is 1. The maximum Gasteiger partial charge on any atom is 0.338 e. The molecule has 3 aromatic heterocycles. The van der Waals surface area contributed by atoms with Crippen molar-refractivity contribution in [3.05, 3.63) is 95.7 Å². The van der Waals surface area contributed by atoms with Crippen LogP contribution in [0.25, 0.3) is 39.0 Å². The molecule has 0 aliphatic heterocycles. The van der Waals surface area contributed by atoms with Crippen LogP contribution in [0, 0.1) is 0 Å². The van der Waals surface area contributed by atoms with Crippen LogP contribution in [-0.2, 0) is 13.0 Å². The number of nitrogens with one attached hydrogen (secondary N) is 1. The molecule has 0 spiro atoms. The maximum absolute atomic E-state index is 12.4. The lowest BCUT2D eigenvalue weighted by atomic mass is 10.0. The number of H-pyrrole nitrogens is 1. The molecule has 0 atom stereocenters. The molecule has 0 radical (unpaired) electrons. The molecule has 0 aliphatic rings. The summed E-state index contributed by atoms with van der Waals surface area (Å²) >= 11 is 0. The number of hydrogen-bond acceptors (Lipinski definition) is 4. The van der Waals surface area contributed by atoms with E-state index in [9.17, 15) is 9.90 Å². The Balaban J connectivity index is 1.42. The minimum atomic E-state index is -0.887. The summed E-state index contributed by atoms with van der Waals surface area (Å²) < 4.78 is 4.30. The highest BCUT2D eigenvalue weighted by molar-refractivity contribution is 6.05. The van der Waals surface area contributed by atoms with Crippen LogP contribution in [0.4, 0.5) is 0 Å². The number of aryl methyl sites for hydroxylation is 1. The maximum atomic E-state index is 12.4. The molecule has 3 aromatic carbocycles. The lowest BCUT2D eigenvalue weighted by Gasteiger charge is -2.13. The smallest absolute Gasteiger partial charge is 0.338 e. The Morgan fingerprint density at radius 1 is 0.973 bits per heavy atom. The van der Waals surface area contributed by atoms with Gasteiger partial charge in [0.2, 0.25) is 5.82 Å². The molecule has 0 saturated heterocycles. The van der Waals surface area contributed by atoms with Crippen LogP contribution in [-0.4, -0.2) is 40.8 Å². The number of rotatable bonds is 8. The Bertz CT molecular complexity index is 1710. The molecule has 6 rings (SSSR count). The van der Waals surface area contributed by atoms with E-state index < -0.39 is 5.97 Å². The first kappa shape index (κ1) is 22.7. The molecular weight excluding hydrogens is 464 g/mol. The topological polar surface area (TPSA) is 102 Å². The fourth-order valence-electron chi connectivity index (χ4n) is 5.17. The molecule has 8 nitrogen and oxygen atoms in total. The van der Waals surface area contributed by atoms with E-state index in [1.54, 1.807) is 0 Å². The molecule has 0 unspecified atom stereocenters. The normalized spacial score (nSPS) is 11.5. The number of nitrogens with zero attached hydrogens (tertiary/aromatic N) is 5. The number of para-hydroxylation sites is 2. The molecule has 0 saturated carbocycles. The van der Waals surface area contributed by atoms with Crippen LogP contribution in [0.2, 0.25) is 0 Å². The van der Waals surface area contributed by atoms with Crippen molar-refractivity contribution in [3.8, 4) is 17.2 Å². The predicted octanol–water partition coefficient (Wildman–Crippen LogP) is 5.85. The van der Waals surface area contributed by atoms with Crippen molar-refractivity contribution >= 4 is 27.8 Å². The second-order valence-electron chi connectivity index (χ2n) is 9.15. The molecule has 0 amide bonds. The second-order valence-corrected chi connectivity index (χ2v) is 9.15. The number of aromatic nitrogens is 6. The zero-order valence-electron chi connectivity index (χ0n) is 20.4. The number of benzene rings is 3. The fourth-order valence-corrected chi connectivity index (χ4v) is 5.17. The van der Waals surface area contributed by atoms with Gasteiger partial charge in [-0.25, -0.2) is 4.79 Å². The van der Waals surface area contributed by atoms with Gasteiger partial charge < -0.3 is 14.2 Å². The van der Waals surface area contributed by atoms with E-state index >= 15 is 0 Å². The number of hydrogen-bond donors (Lipinski definition) is 2. The zero-order valence-corrected chi connectivity index (χ0v) is 20.4. The van der Waals surface area contributed by atoms with Crippen LogP contribution in [0.3, 0.4) is 0 Å². The van der Waals surface area contributed by atoms with Gasteiger partial charge in [0.25, 0.3) is 0 Å². The van der Waals surface area contributed by atoms with Gasteiger partial charge in [-0.2, -0.15) is 5.21 Å². The third kappa shape index (κ3) is 3.96. The van der Waals surface area contributed by atoms with E-state index in [4.69, 9.17) is 0 Å². The quantitative estimate of drug-likeness (QED) is 0.278. The number of unbranched alkanes of at least 4 members (excludes halogenated alkanes) is 1. The average Bonchev–Trinajstić information content (AvgIpc) is 3.64. The van der Waals surface area contributed by atoms with Crippen molar-refractivity contribution in [1.29, 1.82) is 0 Å². The molecule has 0 bridgehead atoms. The average molecular weight is 491 g/mol. The summed E-state index contributed by atoms with van der Waals surface area (Å²) in [4.78, 5) is 12.4. The molecule has 2 N–H and O–H groups in total. The second kappa shape index (κ2) is 9.39. The SMILES string of the molecule is CCCCn1c(Cc2ccc(-n3c(-c4nn[nH]n4)cc4ccccc43)cc2)c(C(=O)O)c2ccccc21. The number of tetrazole rings is 1. The standard InChI is InChI=1S/C29H26N6O2/c1-2-3-16-34-24-11-7-5-9-22(24)27(29(36)37)25(34)17-19-12-14-21(15-13-19)35-23-10-6-4-8-20(23)18-26(35)28-30-32-33-31-28/h4-15,18H,2-3,16-17H2,1H3,(H,36,37)(H,30,31,32,33). The number of aromatic amines is 1. The van der Waals surface area contributed by atoms with Crippen molar-refractivity contribution in [2.45, 2.75) is 32.7 Å². The summed E-state index contributed by atoms with van der Waals surface area (Å²) in [6.45, 7) is 2.94. The molecule has 8 heteroatoms. The van der Waals surface area contributed by atoms with Crippen LogP contribution in [0.1, 0.15) is 41.4 Å². The van der Waals surface area contributed by atoms with Crippen LogP contribution < -0.4 is 0 Å². The molecule has 0 aliphatic carbocycles. The van der Waals surface area contributed by atoms with Gasteiger partial charge in [-0.3, -0.25) is 0 Å². The first-order chi connectivity index (χ1) is 18.2. The van der Waals surface area contributed by atoms with E-state index in [2.05, 4.69) is 79.1 Å². The summed E-state index contributed by atoms with van der Waals surface area (Å²) in [7, 11) is 0. The first-order valence-corrected chi connectivity index (χ1v) is 12.4. The van der Waals surface area contributed by atoms with Crippen molar-refractivity contribution < 1.29 is 9.90 Å². The molecule has 184 valence electrons. The summed E-state index contributed by atoms with van der Waals surface area (Å²) in [5.41, 5.74) is 6.11. The number of carboxylic acid groups (broad SMARTS) is 1. The minimum Gasteiger partial charge on any atom is -0.478 e. The van der Waals surface area contributed by atoms with Crippen molar-refractivity contribution in [1.82, 2.24) is 29.8 Å². The Labute approximate surface area is 213 Å². The van der Waals surface area contributed by atoms with Crippen molar-refractivity contribution in [2.24, 2.45) is 0 Å². The monoisotopic (exact) mass is 490 g/mol. The van der Waals surface area contributed by atoms with E-state index in [1.807, 2.05) is 36.4 Å². The van der Waals surface area contributed by atoms with Gasteiger partial charge in [-0.1, -0.05) is 61.9 Å². The van der Waals surface area contributed by atoms with Gasteiger partial charge in [0.05, 0.1) is 16.8 Å². The van der Waals surface area contributed by atoms with Gasteiger partial charge in [0.1, 0.15) is 0 Å². The largest absolute Gasteiger partial charge is 0.478 e. The number of aromatic carboxylic acids is 1. The fraction of sp³-hybridized carbons (Fsp3) is 0.172. The summed E-state index contributed by atoms with van der Waals surface area (Å²) in [5, 5.41) is 26.7. The molecular formula is C29H26N6O2. The minimum absolute atomic E-state index is 0.395. The van der Waals surface area contributed by atoms with E-state index in [1.165, 1.54) is 0 Å². The highest BCUT2D eigenvalue weighted by atomic mass is 16.4. The van der Waals surface area contributed by atoms with Gasteiger partial charge in [0.15, 0.2) is 0 Å². The highest BCUT2D eigenvalue weighted by Gasteiger charge is 2.22. The number of carbonyl (C=O) groups is 1. The third-order valence-corrected chi connectivity index (χ3v) is 6.88. The Kier molecular flexibility index (Phi) is 5.76. The van der Waals surface area contributed by atoms with E-state index in [0.717, 1.165) is 63.8 Å². The summed E-state index contributed by atoms with van der Waals surface area (Å²) in [6, 6.07) is 26.3. The molecule has 0 fully saturated rings. The lowest BCUT2D eigenvalue weighted by Crippen LogP contribution is -2.08. The van der Waals surface area contributed by atoms with Gasteiger partial charge in [-0.15, -0.1) is 10.2 Å².